The van der Waals surface area contributed by atoms with Gasteiger partial charge >= 0.3 is 0 Å². The van der Waals surface area contributed by atoms with Crippen molar-refractivity contribution in [2.45, 2.75) is 77.6 Å². The molecule has 0 heteroatoms. The molecule has 0 aromatic rings. The Bertz CT molecular complexity index is 149. The lowest BCUT2D eigenvalue weighted by Crippen LogP contribution is -1.95. The Morgan fingerprint density at radius 3 is 2.14 bits per heavy atom. The molecular weight excluding hydrogens is 168 g/mol. The third kappa shape index (κ3) is 5.47. The maximum Gasteiger partial charge on any atom is -0.0317 e. The quantitative estimate of drug-likeness (QED) is 0.366. The van der Waals surface area contributed by atoms with Crippen LogP contribution >= 0.6 is 0 Å². The predicted molar refractivity (Wildman–Crippen MR) is 64.5 cm³/mol. The lowest BCUT2D eigenvalue weighted by atomic mass is 9.91. The highest BCUT2D eigenvalue weighted by molar-refractivity contribution is 5.08. The van der Waals surface area contributed by atoms with Gasteiger partial charge in [0.25, 0.3) is 0 Å². The van der Waals surface area contributed by atoms with E-state index in [2.05, 4.69) is 13.0 Å². The molecule has 0 aromatic carbocycles. The van der Waals surface area contributed by atoms with Crippen LogP contribution in [0.2, 0.25) is 0 Å². The molecule has 14 heavy (non-hydrogen) atoms. The third-order valence-electron chi connectivity index (χ3n) is 3.24. The molecule has 0 nitrogen and oxygen atoms in total. The first-order valence-corrected chi connectivity index (χ1v) is 6.61. The summed E-state index contributed by atoms with van der Waals surface area (Å²) in [4.78, 5) is 0. The van der Waals surface area contributed by atoms with Gasteiger partial charge in [0.05, 0.1) is 0 Å². The van der Waals surface area contributed by atoms with E-state index in [1.165, 1.54) is 70.6 Å². The molecule has 1 rings (SSSR count). The van der Waals surface area contributed by atoms with Crippen LogP contribution in [0.1, 0.15) is 77.6 Å². The third-order valence-corrected chi connectivity index (χ3v) is 3.24. The number of allylic oxidation sites excluding steroid dienone is 2. The minimum Gasteiger partial charge on any atom is -0.0853 e. The van der Waals surface area contributed by atoms with E-state index in [-0.39, 0.29) is 0 Å². The zero-order valence-corrected chi connectivity index (χ0v) is 9.86. The number of hydrogen-bond acceptors (Lipinski definition) is 0. The van der Waals surface area contributed by atoms with Gasteiger partial charge in [-0.15, -0.1) is 0 Å². The van der Waals surface area contributed by atoms with E-state index >= 15 is 0 Å². The molecule has 1 fully saturated rings. The van der Waals surface area contributed by atoms with E-state index in [1.807, 2.05) is 0 Å². The molecule has 1 aliphatic carbocycles. The van der Waals surface area contributed by atoms with Crippen LogP contribution in [0.25, 0.3) is 0 Å². The summed E-state index contributed by atoms with van der Waals surface area (Å²) in [5, 5.41) is 0. The van der Waals surface area contributed by atoms with Crippen molar-refractivity contribution in [3.05, 3.63) is 11.6 Å². The summed E-state index contributed by atoms with van der Waals surface area (Å²) in [6.45, 7) is 2.28. The van der Waals surface area contributed by atoms with Crippen molar-refractivity contribution >= 4 is 0 Å². The Labute approximate surface area is 89.8 Å². The second-order valence-electron chi connectivity index (χ2n) is 4.63. The molecule has 1 saturated carbocycles. The second kappa shape index (κ2) is 8.08. The molecule has 0 N–H and O–H groups in total. The molecule has 0 saturated heterocycles. The van der Waals surface area contributed by atoms with Crippen LogP contribution in [0.3, 0.4) is 0 Å². The number of unbranched alkanes of at least 4 members (excludes halogenated alkanes) is 7. The van der Waals surface area contributed by atoms with Gasteiger partial charge in [0.2, 0.25) is 0 Å². The summed E-state index contributed by atoms with van der Waals surface area (Å²) in [5.41, 5.74) is 1.73. The first-order valence-electron chi connectivity index (χ1n) is 6.61. The van der Waals surface area contributed by atoms with E-state index in [9.17, 15) is 0 Å². The van der Waals surface area contributed by atoms with Crippen LogP contribution in [0.5, 0.6) is 0 Å². The Morgan fingerprint density at radius 1 is 0.929 bits per heavy atom. The fourth-order valence-corrected chi connectivity index (χ4v) is 1.99. The molecule has 0 atom stereocenters. The van der Waals surface area contributed by atoms with Crippen molar-refractivity contribution in [3.8, 4) is 0 Å². The Morgan fingerprint density at radius 2 is 1.57 bits per heavy atom. The van der Waals surface area contributed by atoms with Gasteiger partial charge in [-0.2, -0.15) is 0 Å². The summed E-state index contributed by atoms with van der Waals surface area (Å²) in [6, 6.07) is 0. The first-order chi connectivity index (χ1) is 6.93. The van der Waals surface area contributed by atoms with Crippen LogP contribution in [0.4, 0.5) is 0 Å². The normalized spacial score (nSPS) is 15.4. The van der Waals surface area contributed by atoms with E-state index in [4.69, 9.17) is 0 Å². The van der Waals surface area contributed by atoms with Gasteiger partial charge in [-0.25, -0.2) is 0 Å². The van der Waals surface area contributed by atoms with E-state index in [0.717, 1.165) is 0 Å². The molecule has 0 spiro atoms. The van der Waals surface area contributed by atoms with Crippen LogP contribution in [0, 0.1) is 0 Å². The average molecular weight is 194 g/mol. The summed E-state index contributed by atoms with van der Waals surface area (Å²) >= 11 is 0. The van der Waals surface area contributed by atoms with Gasteiger partial charge in [-0.3, -0.25) is 0 Å². The monoisotopic (exact) mass is 194 g/mol. The van der Waals surface area contributed by atoms with E-state index in [0.29, 0.717) is 0 Å². The maximum atomic E-state index is 2.50. The molecule has 0 bridgehead atoms. The smallest absolute Gasteiger partial charge is 0.0317 e. The van der Waals surface area contributed by atoms with Gasteiger partial charge in [0.15, 0.2) is 0 Å². The maximum absolute atomic E-state index is 2.50. The predicted octanol–water partition coefficient (Wildman–Crippen LogP) is 5.24. The van der Waals surface area contributed by atoms with Gasteiger partial charge < -0.3 is 0 Å². The highest BCUT2D eigenvalue weighted by Gasteiger charge is 2.06. The molecule has 82 valence electrons. The minimum absolute atomic E-state index is 1.35. The summed E-state index contributed by atoms with van der Waals surface area (Å²) in [6.07, 6.45) is 18.2. The summed E-state index contributed by atoms with van der Waals surface area (Å²) in [7, 11) is 0. The number of hydrogen-bond donors (Lipinski definition) is 0. The molecule has 0 aliphatic heterocycles. The molecule has 1 aliphatic rings. The van der Waals surface area contributed by atoms with Crippen molar-refractivity contribution in [1.82, 2.24) is 0 Å². The SMILES string of the molecule is CCCCCCCCCC=C1CCC1. The topological polar surface area (TPSA) is 0 Å². The van der Waals surface area contributed by atoms with Gasteiger partial charge in [-0.1, -0.05) is 57.1 Å². The van der Waals surface area contributed by atoms with Crippen LogP contribution in [-0.4, -0.2) is 0 Å². The lowest BCUT2D eigenvalue weighted by molar-refractivity contribution is 0.588. The van der Waals surface area contributed by atoms with Crippen molar-refractivity contribution < 1.29 is 0 Å². The van der Waals surface area contributed by atoms with Crippen molar-refractivity contribution in [2.75, 3.05) is 0 Å². The van der Waals surface area contributed by atoms with Crippen molar-refractivity contribution in [1.29, 1.82) is 0 Å². The zero-order valence-electron chi connectivity index (χ0n) is 9.86. The standard InChI is InChI=1S/C14H26/c1-2-3-4-5-6-7-8-9-11-14-12-10-13-14/h11H,2-10,12-13H2,1H3. The zero-order chi connectivity index (χ0) is 10.1. The average Bonchev–Trinajstić information content (AvgIpc) is 2.13. The molecule has 0 aromatic heterocycles. The van der Waals surface area contributed by atoms with E-state index < -0.39 is 0 Å². The molecule has 0 heterocycles. The fourth-order valence-electron chi connectivity index (χ4n) is 1.99. The first kappa shape index (κ1) is 11.8. The fraction of sp³-hybridized carbons (Fsp3) is 0.857. The molecule has 0 unspecified atom stereocenters. The van der Waals surface area contributed by atoms with Crippen LogP contribution in [-0.2, 0) is 0 Å². The van der Waals surface area contributed by atoms with Crippen molar-refractivity contribution in [2.24, 2.45) is 0 Å². The highest BCUT2D eigenvalue weighted by atomic mass is 14.1. The van der Waals surface area contributed by atoms with Crippen LogP contribution < -0.4 is 0 Å². The van der Waals surface area contributed by atoms with Gasteiger partial charge in [-0.05, 0) is 32.1 Å². The summed E-state index contributed by atoms with van der Waals surface area (Å²) < 4.78 is 0. The van der Waals surface area contributed by atoms with E-state index in [1.54, 1.807) is 5.57 Å². The summed E-state index contributed by atoms with van der Waals surface area (Å²) in [5.74, 6) is 0. The highest BCUT2D eigenvalue weighted by Crippen LogP contribution is 2.25. The van der Waals surface area contributed by atoms with Crippen LogP contribution in [0.15, 0.2) is 11.6 Å². The largest absolute Gasteiger partial charge is 0.0853 e. The minimum atomic E-state index is 1.35. The Kier molecular flexibility index (Phi) is 6.82. The second-order valence-corrected chi connectivity index (χ2v) is 4.63. The molecule has 0 radical (unpaired) electrons. The molecule has 0 amide bonds. The van der Waals surface area contributed by atoms with Gasteiger partial charge in [0, 0.05) is 0 Å². The van der Waals surface area contributed by atoms with Crippen molar-refractivity contribution in [3.63, 3.8) is 0 Å². The molecular formula is C14H26. The Hall–Kier alpha value is -0.260. The van der Waals surface area contributed by atoms with Gasteiger partial charge in [0.1, 0.15) is 0 Å². The number of rotatable bonds is 8. The Balaban J connectivity index is 1.75. The lowest BCUT2D eigenvalue weighted by Gasteiger charge is -2.15.